The molecule has 0 saturated carbocycles. The Morgan fingerprint density at radius 1 is 1.00 bits per heavy atom. The van der Waals surface area contributed by atoms with Crippen LogP contribution in [0.15, 0.2) is 54.7 Å². The quantitative estimate of drug-likeness (QED) is 0.669. The summed E-state index contributed by atoms with van der Waals surface area (Å²) in [7, 11) is 0. The summed E-state index contributed by atoms with van der Waals surface area (Å²) in [6, 6.07) is 13.6. The summed E-state index contributed by atoms with van der Waals surface area (Å²) in [6.07, 6.45) is 3.85. The molecule has 0 bridgehead atoms. The van der Waals surface area contributed by atoms with Crippen molar-refractivity contribution < 1.29 is 19.3 Å². The van der Waals surface area contributed by atoms with Crippen LogP contribution in [0, 0.1) is 11.8 Å². The lowest BCUT2D eigenvalue weighted by Crippen LogP contribution is -3.12. The lowest BCUT2D eigenvalue weighted by atomic mass is 9.84. The third-order valence-corrected chi connectivity index (χ3v) is 6.11. The SMILES string of the molecule is O=C1NC(=O)[C@H]2[C@@H]1[C@H](C(=O)Nc1ccc(Cl)cc1)[NH+]1C=Cc3ccccc3[C@H]21. The van der Waals surface area contributed by atoms with Crippen LogP contribution < -0.4 is 15.5 Å². The van der Waals surface area contributed by atoms with E-state index in [9.17, 15) is 14.4 Å². The topological polar surface area (TPSA) is 79.7 Å². The van der Waals surface area contributed by atoms with Crippen LogP contribution in [0.25, 0.3) is 6.08 Å². The summed E-state index contributed by atoms with van der Waals surface area (Å²) < 4.78 is 0. The van der Waals surface area contributed by atoms with Crippen molar-refractivity contribution in [1.29, 1.82) is 0 Å². The minimum atomic E-state index is -0.699. The maximum absolute atomic E-state index is 13.2. The molecule has 7 heteroatoms. The summed E-state index contributed by atoms with van der Waals surface area (Å²) in [5.74, 6) is -2.22. The smallest absolute Gasteiger partial charge is 0.283 e. The molecule has 2 saturated heterocycles. The van der Waals surface area contributed by atoms with Crippen molar-refractivity contribution in [3.05, 3.63) is 70.9 Å². The molecule has 3 N–H and O–H groups in total. The zero-order valence-corrected chi connectivity index (χ0v) is 15.4. The number of hydrogen-bond acceptors (Lipinski definition) is 3. The fourth-order valence-electron chi connectivity index (χ4n) is 4.72. The molecule has 5 rings (SSSR count). The minimum absolute atomic E-state index is 0.265. The van der Waals surface area contributed by atoms with E-state index in [1.54, 1.807) is 24.3 Å². The number of halogens is 1. The van der Waals surface area contributed by atoms with Gasteiger partial charge in [-0.2, -0.15) is 0 Å². The number of amides is 3. The second kappa shape index (κ2) is 6.29. The summed E-state index contributed by atoms with van der Waals surface area (Å²) in [4.78, 5) is 39.1. The van der Waals surface area contributed by atoms with Crippen molar-refractivity contribution in [2.45, 2.75) is 12.1 Å². The van der Waals surface area contributed by atoms with Crippen LogP contribution in [-0.2, 0) is 14.4 Å². The van der Waals surface area contributed by atoms with Crippen molar-refractivity contribution in [1.82, 2.24) is 5.32 Å². The van der Waals surface area contributed by atoms with E-state index in [2.05, 4.69) is 10.6 Å². The summed E-state index contributed by atoms with van der Waals surface area (Å²) in [6.45, 7) is 0. The second-order valence-electron chi connectivity index (χ2n) is 7.32. The van der Waals surface area contributed by atoms with Crippen LogP contribution in [0.3, 0.4) is 0 Å². The van der Waals surface area contributed by atoms with Crippen LogP contribution >= 0.6 is 11.6 Å². The maximum atomic E-state index is 13.2. The first-order valence-corrected chi connectivity index (χ1v) is 9.47. The predicted octanol–water partition coefficient (Wildman–Crippen LogP) is 1.16. The number of carbonyl (C=O) groups excluding carboxylic acids is 3. The summed E-state index contributed by atoms with van der Waals surface area (Å²) in [5, 5.41) is 5.87. The third kappa shape index (κ3) is 2.49. The van der Waals surface area contributed by atoms with Crippen LogP contribution in [0.4, 0.5) is 5.69 Å². The lowest BCUT2D eigenvalue weighted by Gasteiger charge is -2.29. The lowest BCUT2D eigenvalue weighted by molar-refractivity contribution is -0.884. The van der Waals surface area contributed by atoms with Gasteiger partial charge in [-0.3, -0.25) is 24.6 Å². The first-order valence-electron chi connectivity index (χ1n) is 9.09. The molecule has 0 aliphatic carbocycles. The van der Waals surface area contributed by atoms with Gasteiger partial charge in [0.1, 0.15) is 17.9 Å². The molecule has 0 aromatic heterocycles. The Labute approximate surface area is 166 Å². The minimum Gasteiger partial charge on any atom is -0.321 e. The molecule has 3 amide bonds. The summed E-state index contributed by atoms with van der Waals surface area (Å²) in [5.41, 5.74) is 2.60. The highest BCUT2D eigenvalue weighted by Gasteiger charge is 2.65. The van der Waals surface area contributed by atoms with Gasteiger partial charge in [-0.15, -0.1) is 0 Å². The Kier molecular flexibility index (Phi) is 3.86. The number of hydrogen-bond donors (Lipinski definition) is 3. The van der Waals surface area contributed by atoms with Gasteiger partial charge in [-0.05, 0) is 35.9 Å². The number of carbonyl (C=O) groups is 3. The van der Waals surface area contributed by atoms with Crippen LogP contribution in [0.2, 0.25) is 5.02 Å². The fourth-order valence-corrected chi connectivity index (χ4v) is 4.85. The average molecular weight is 395 g/mol. The van der Waals surface area contributed by atoms with E-state index in [4.69, 9.17) is 11.6 Å². The van der Waals surface area contributed by atoms with Crippen LogP contribution in [-0.4, -0.2) is 23.8 Å². The number of benzene rings is 2. The Morgan fingerprint density at radius 2 is 1.71 bits per heavy atom. The van der Waals surface area contributed by atoms with Crippen molar-refractivity contribution in [2.75, 3.05) is 5.32 Å². The number of anilines is 1. The van der Waals surface area contributed by atoms with E-state index >= 15 is 0 Å². The fraction of sp³-hybridized carbons (Fsp3) is 0.190. The van der Waals surface area contributed by atoms with E-state index < -0.39 is 17.9 Å². The van der Waals surface area contributed by atoms with Gasteiger partial charge in [-0.25, -0.2) is 0 Å². The van der Waals surface area contributed by atoms with Crippen LogP contribution in [0.5, 0.6) is 0 Å². The van der Waals surface area contributed by atoms with Crippen molar-refractivity contribution >= 4 is 41.1 Å². The number of nitrogens with one attached hydrogen (secondary N) is 3. The Bertz CT molecular complexity index is 1030. The van der Waals surface area contributed by atoms with E-state index in [1.165, 1.54) is 0 Å². The highest BCUT2D eigenvalue weighted by molar-refractivity contribution is 6.30. The highest BCUT2D eigenvalue weighted by Crippen LogP contribution is 2.40. The zero-order chi connectivity index (χ0) is 19.4. The molecule has 2 aromatic rings. The molecule has 3 aliphatic rings. The molecular formula is C21H17ClN3O3+. The Morgan fingerprint density at radius 3 is 2.50 bits per heavy atom. The maximum Gasteiger partial charge on any atom is 0.283 e. The van der Waals surface area contributed by atoms with Gasteiger partial charge in [0.15, 0.2) is 6.04 Å². The zero-order valence-electron chi connectivity index (χ0n) is 14.7. The van der Waals surface area contributed by atoms with Gasteiger partial charge in [0.05, 0.1) is 6.20 Å². The van der Waals surface area contributed by atoms with Crippen LogP contribution in [0.1, 0.15) is 17.2 Å². The Hall–Kier alpha value is -2.96. The van der Waals surface area contributed by atoms with E-state index in [0.717, 1.165) is 16.0 Å². The molecule has 0 spiro atoms. The van der Waals surface area contributed by atoms with E-state index in [-0.39, 0.29) is 23.8 Å². The average Bonchev–Trinajstić information content (AvgIpc) is 3.19. The van der Waals surface area contributed by atoms with Gasteiger partial charge in [0.2, 0.25) is 11.8 Å². The first-order chi connectivity index (χ1) is 13.5. The number of fused-ring (bicyclic) bond motifs is 5. The van der Waals surface area contributed by atoms with Crippen molar-refractivity contribution in [3.63, 3.8) is 0 Å². The standard InChI is InChI=1S/C21H16ClN3O3/c22-12-5-7-13(8-6-12)23-21(28)18-16-15(19(26)24-20(16)27)17-14-4-2-1-3-11(14)9-10-25(17)18/h1-10,15-18H,(H,23,28)(H,24,26,27)/p+1/t15-,16+,17+,18+/m0/s1. The largest absolute Gasteiger partial charge is 0.321 e. The van der Waals surface area contributed by atoms with Gasteiger partial charge in [0, 0.05) is 16.3 Å². The molecular weight excluding hydrogens is 378 g/mol. The van der Waals surface area contributed by atoms with Crippen molar-refractivity contribution in [2.24, 2.45) is 11.8 Å². The molecule has 5 atom stereocenters. The van der Waals surface area contributed by atoms with Crippen molar-refractivity contribution in [3.8, 4) is 0 Å². The number of quaternary nitrogens is 1. The van der Waals surface area contributed by atoms with E-state index in [1.807, 2.05) is 36.5 Å². The highest BCUT2D eigenvalue weighted by atomic mass is 35.5. The Balaban J connectivity index is 1.54. The molecule has 3 heterocycles. The van der Waals surface area contributed by atoms with Gasteiger partial charge >= 0.3 is 0 Å². The molecule has 3 aliphatic heterocycles. The first kappa shape index (κ1) is 17.2. The van der Waals surface area contributed by atoms with Gasteiger partial charge in [-0.1, -0.05) is 35.9 Å². The molecule has 2 aromatic carbocycles. The molecule has 2 fully saturated rings. The normalized spacial score (nSPS) is 29.7. The van der Waals surface area contributed by atoms with Gasteiger partial charge < -0.3 is 5.32 Å². The molecule has 28 heavy (non-hydrogen) atoms. The molecule has 140 valence electrons. The van der Waals surface area contributed by atoms with Gasteiger partial charge in [0.25, 0.3) is 5.91 Å². The third-order valence-electron chi connectivity index (χ3n) is 5.86. The van der Waals surface area contributed by atoms with E-state index in [0.29, 0.717) is 10.7 Å². The predicted molar refractivity (Wildman–Crippen MR) is 103 cm³/mol. The molecule has 0 radical (unpaired) electrons. The second-order valence-corrected chi connectivity index (χ2v) is 7.76. The monoisotopic (exact) mass is 394 g/mol. The number of rotatable bonds is 2. The summed E-state index contributed by atoms with van der Waals surface area (Å²) >= 11 is 5.91. The number of imide groups is 1. The molecule has 1 unspecified atom stereocenters. The molecule has 6 nitrogen and oxygen atoms in total.